The molecule has 18 heavy (non-hydrogen) atoms. The van der Waals surface area contributed by atoms with E-state index in [0.717, 1.165) is 11.4 Å². The second kappa shape index (κ2) is 5.24. The highest BCUT2D eigenvalue weighted by atomic mass is 35.5. The van der Waals surface area contributed by atoms with Crippen LogP contribution in [0.25, 0.3) is 5.69 Å². The Balaban J connectivity index is 2.40. The van der Waals surface area contributed by atoms with Crippen molar-refractivity contribution in [3.63, 3.8) is 0 Å². The molecule has 94 valence electrons. The molecule has 7 heteroatoms. The van der Waals surface area contributed by atoms with Crippen molar-refractivity contribution in [3.05, 3.63) is 35.9 Å². The molecule has 3 N–H and O–H groups in total. The summed E-state index contributed by atoms with van der Waals surface area (Å²) in [4.78, 5) is 3.96. The Labute approximate surface area is 115 Å². The van der Waals surface area contributed by atoms with Crippen LogP contribution in [0.1, 0.15) is 0 Å². The van der Waals surface area contributed by atoms with Crippen LogP contribution in [0.3, 0.4) is 0 Å². The second-order valence-electron chi connectivity index (χ2n) is 3.48. The summed E-state index contributed by atoms with van der Waals surface area (Å²) in [7, 11) is 1.59. The van der Waals surface area contributed by atoms with Gasteiger partial charge in [0.25, 0.3) is 0 Å². The van der Waals surface area contributed by atoms with E-state index in [4.69, 9.17) is 34.3 Å². The lowest BCUT2D eigenvalue weighted by atomic mass is 10.2. The zero-order valence-electron chi connectivity index (χ0n) is 9.55. The number of hydrogen-bond acceptors (Lipinski definition) is 3. The number of ether oxygens (including phenoxy) is 1. The highest BCUT2D eigenvalue weighted by Gasteiger charge is 2.07. The third kappa shape index (κ3) is 2.72. The smallest absolute Gasteiger partial charge is 0.168 e. The topological polar surface area (TPSA) is 65.1 Å². The zero-order chi connectivity index (χ0) is 13.1. The first-order chi connectivity index (χ1) is 8.60. The first kappa shape index (κ1) is 12.7. The van der Waals surface area contributed by atoms with Gasteiger partial charge in [0.05, 0.1) is 12.8 Å². The fourth-order valence-corrected chi connectivity index (χ4v) is 1.81. The molecule has 1 aromatic carbocycles. The number of rotatable bonds is 3. The van der Waals surface area contributed by atoms with Crippen molar-refractivity contribution < 1.29 is 4.74 Å². The summed E-state index contributed by atoms with van der Waals surface area (Å²) < 4.78 is 7.09. The van der Waals surface area contributed by atoms with Gasteiger partial charge in [0.1, 0.15) is 17.2 Å². The fourth-order valence-electron chi connectivity index (χ4n) is 1.54. The average Bonchev–Trinajstić information content (AvgIpc) is 2.74. The Morgan fingerprint density at radius 1 is 1.56 bits per heavy atom. The normalized spacial score (nSPS) is 10.1. The molecule has 0 radical (unpaired) electrons. The summed E-state index contributed by atoms with van der Waals surface area (Å²) in [6.07, 6.45) is 3.31. The number of nitrogens with zero attached hydrogens (tertiary/aromatic N) is 2. The van der Waals surface area contributed by atoms with Crippen LogP contribution in [0, 0.1) is 0 Å². The van der Waals surface area contributed by atoms with Crippen LogP contribution >= 0.6 is 23.8 Å². The molecule has 0 saturated heterocycles. The molecule has 0 amide bonds. The van der Waals surface area contributed by atoms with Gasteiger partial charge in [-0.15, -0.1) is 0 Å². The van der Waals surface area contributed by atoms with Crippen molar-refractivity contribution in [1.29, 1.82) is 0 Å². The first-order valence-electron chi connectivity index (χ1n) is 5.04. The van der Waals surface area contributed by atoms with Crippen LogP contribution in [0.2, 0.25) is 5.15 Å². The zero-order valence-corrected chi connectivity index (χ0v) is 11.1. The predicted molar refractivity (Wildman–Crippen MR) is 75.5 cm³/mol. The third-order valence-corrected chi connectivity index (χ3v) is 2.57. The maximum Gasteiger partial charge on any atom is 0.168 e. The molecule has 0 saturated carbocycles. The van der Waals surface area contributed by atoms with E-state index >= 15 is 0 Å². The summed E-state index contributed by atoms with van der Waals surface area (Å²) in [5.74, 6) is 0.658. The number of halogens is 1. The lowest BCUT2D eigenvalue weighted by Crippen LogP contribution is -2.18. The van der Waals surface area contributed by atoms with Crippen molar-refractivity contribution in [3.8, 4) is 11.4 Å². The predicted octanol–water partition coefficient (Wildman–Crippen LogP) is 2.19. The molecule has 0 spiro atoms. The Bertz CT molecular complexity index is 584. The molecule has 5 nitrogen and oxygen atoms in total. The Morgan fingerprint density at radius 3 is 2.89 bits per heavy atom. The minimum absolute atomic E-state index is 0.204. The number of benzene rings is 1. The molecule has 0 fully saturated rings. The summed E-state index contributed by atoms with van der Waals surface area (Å²) in [5, 5.41) is 3.46. The molecule has 0 aliphatic carbocycles. The number of methoxy groups -OCH3 is 1. The van der Waals surface area contributed by atoms with E-state index in [0.29, 0.717) is 10.9 Å². The molecule has 0 aliphatic rings. The van der Waals surface area contributed by atoms with Gasteiger partial charge in [-0.3, -0.25) is 0 Å². The number of thiocarbonyl (C=S) groups is 1. The summed E-state index contributed by atoms with van der Waals surface area (Å²) >= 11 is 10.6. The number of nitrogens with one attached hydrogen (secondary N) is 1. The van der Waals surface area contributed by atoms with Gasteiger partial charge in [-0.1, -0.05) is 11.6 Å². The number of nitrogens with two attached hydrogens (primary N) is 1. The van der Waals surface area contributed by atoms with E-state index in [2.05, 4.69) is 10.3 Å². The van der Waals surface area contributed by atoms with Crippen molar-refractivity contribution in [1.82, 2.24) is 9.55 Å². The van der Waals surface area contributed by atoms with Gasteiger partial charge in [0.15, 0.2) is 5.11 Å². The molecule has 0 bridgehead atoms. The van der Waals surface area contributed by atoms with Gasteiger partial charge in [-0.05, 0) is 24.4 Å². The van der Waals surface area contributed by atoms with Crippen LogP contribution in [-0.2, 0) is 0 Å². The van der Waals surface area contributed by atoms with Gasteiger partial charge >= 0.3 is 0 Å². The molecule has 0 atom stereocenters. The molecule has 1 heterocycles. The standard InChI is InChI=1S/C11H11ClN4OS/c1-17-9-4-7(15-11(13)18)2-3-8(9)16-5-10(12)14-6-16/h2-6H,1H3,(H3,13,15,18). The quantitative estimate of drug-likeness (QED) is 0.845. The lowest BCUT2D eigenvalue weighted by Gasteiger charge is -2.11. The van der Waals surface area contributed by atoms with Crippen LogP contribution in [0.15, 0.2) is 30.7 Å². The van der Waals surface area contributed by atoms with Crippen molar-refractivity contribution in [2.24, 2.45) is 5.73 Å². The second-order valence-corrected chi connectivity index (χ2v) is 4.31. The van der Waals surface area contributed by atoms with Crippen molar-refractivity contribution in [2.45, 2.75) is 0 Å². The van der Waals surface area contributed by atoms with Crippen LogP contribution in [0.5, 0.6) is 5.75 Å². The third-order valence-electron chi connectivity index (χ3n) is 2.28. The number of aromatic nitrogens is 2. The Kier molecular flexibility index (Phi) is 3.69. The summed E-state index contributed by atoms with van der Waals surface area (Å²) in [6.45, 7) is 0. The van der Waals surface area contributed by atoms with E-state index in [-0.39, 0.29) is 5.11 Å². The van der Waals surface area contributed by atoms with Gasteiger partial charge in [-0.2, -0.15) is 0 Å². The number of imidazole rings is 1. The highest BCUT2D eigenvalue weighted by Crippen LogP contribution is 2.27. The van der Waals surface area contributed by atoms with E-state index in [9.17, 15) is 0 Å². The molecule has 1 aromatic heterocycles. The van der Waals surface area contributed by atoms with Gasteiger partial charge in [0, 0.05) is 18.0 Å². The summed E-state index contributed by atoms with van der Waals surface area (Å²) in [5.41, 5.74) is 7.00. The number of hydrogen-bond donors (Lipinski definition) is 2. The van der Waals surface area contributed by atoms with E-state index in [1.807, 2.05) is 12.1 Å². The van der Waals surface area contributed by atoms with Crippen molar-refractivity contribution in [2.75, 3.05) is 12.4 Å². The molecule has 2 aromatic rings. The first-order valence-corrected chi connectivity index (χ1v) is 5.83. The maximum absolute atomic E-state index is 5.79. The van der Waals surface area contributed by atoms with Crippen LogP contribution in [0.4, 0.5) is 5.69 Å². The largest absolute Gasteiger partial charge is 0.494 e. The van der Waals surface area contributed by atoms with Crippen LogP contribution in [-0.4, -0.2) is 21.8 Å². The lowest BCUT2D eigenvalue weighted by molar-refractivity contribution is 0.413. The Morgan fingerprint density at radius 2 is 2.33 bits per heavy atom. The van der Waals surface area contributed by atoms with E-state index in [1.54, 1.807) is 30.3 Å². The molecule has 0 aliphatic heterocycles. The Hall–Kier alpha value is -1.79. The average molecular weight is 283 g/mol. The molecular weight excluding hydrogens is 272 g/mol. The summed E-state index contributed by atoms with van der Waals surface area (Å²) in [6, 6.07) is 5.49. The molecule has 2 rings (SSSR count). The minimum atomic E-state index is 0.204. The minimum Gasteiger partial charge on any atom is -0.494 e. The molecular formula is C11H11ClN4OS. The maximum atomic E-state index is 5.79. The monoisotopic (exact) mass is 282 g/mol. The van der Waals surface area contributed by atoms with Crippen LogP contribution < -0.4 is 15.8 Å². The van der Waals surface area contributed by atoms with Crippen molar-refractivity contribution >= 4 is 34.6 Å². The highest BCUT2D eigenvalue weighted by molar-refractivity contribution is 7.80. The van der Waals surface area contributed by atoms with Gasteiger partial charge < -0.3 is 20.4 Å². The van der Waals surface area contributed by atoms with E-state index in [1.165, 1.54) is 0 Å². The van der Waals surface area contributed by atoms with Gasteiger partial charge in [0.2, 0.25) is 0 Å². The SMILES string of the molecule is COc1cc(NC(N)=S)ccc1-n1cnc(Cl)c1. The molecule has 0 unspecified atom stereocenters. The fraction of sp³-hybridized carbons (Fsp3) is 0.0909. The van der Waals surface area contributed by atoms with Gasteiger partial charge in [-0.25, -0.2) is 4.98 Å². The number of anilines is 1. The van der Waals surface area contributed by atoms with E-state index < -0.39 is 0 Å².